The van der Waals surface area contributed by atoms with E-state index in [1.165, 1.54) is 5.56 Å². The average Bonchev–Trinajstić information content (AvgIpc) is 3.07. The summed E-state index contributed by atoms with van der Waals surface area (Å²) in [6.07, 6.45) is 1.67. The van der Waals surface area contributed by atoms with Gasteiger partial charge in [-0.3, -0.25) is 9.59 Å². The van der Waals surface area contributed by atoms with Crippen molar-refractivity contribution in [1.29, 1.82) is 0 Å². The number of thioether (sulfide) groups is 1. The Hall–Kier alpha value is -3.22. The smallest absolute Gasteiger partial charge is 0.298 e. The van der Waals surface area contributed by atoms with Gasteiger partial charge in [0.15, 0.2) is 11.5 Å². The molecule has 1 aliphatic heterocycles. The zero-order valence-electron chi connectivity index (χ0n) is 18.2. The van der Waals surface area contributed by atoms with Gasteiger partial charge in [0.25, 0.3) is 11.1 Å². The number of aryl methyl sites for hydroxylation is 1. The van der Waals surface area contributed by atoms with Crippen LogP contribution in [-0.2, 0) is 11.4 Å². The molecule has 5 nitrogen and oxygen atoms in total. The van der Waals surface area contributed by atoms with E-state index in [2.05, 4.69) is 0 Å². The minimum absolute atomic E-state index is 0.315. The van der Waals surface area contributed by atoms with Crippen LogP contribution >= 0.6 is 23.4 Å². The molecule has 7 heteroatoms. The number of rotatable bonds is 7. The highest BCUT2D eigenvalue weighted by molar-refractivity contribution is 8.19. The van der Waals surface area contributed by atoms with E-state index in [9.17, 15) is 9.59 Å². The zero-order valence-corrected chi connectivity index (χ0v) is 19.8. The number of nitrogens with zero attached hydrogens (tertiary/aromatic N) is 1. The first-order valence-electron chi connectivity index (χ1n) is 10.4. The van der Waals surface area contributed by atoms with Crippen molar-refractivity contribution in [2.45, 2.75) is 20.5 Å². The first-order chi connectivity index (χ1) is 16.0. The van der Waals surface area contributed by atoms with Gasteiger partial charge in [0.1, 0.15) is 6.61 Å². The number of hydrogen-bond donors (Lipinski definition) is 0. The highest BCUT2D eigenvalue weighted by atomic mass is 35.5. The van der Waals surface area contributed by atoms with E-state index in [-0.39, 0.29) is 5.24 Å². The molecule has 0 unspecified atom stereocenters. The maximum Gasteiger partial charge on any atom is 0.298 e. The molecule has 2 amide bonds. The molecule has 3 aromatic rings. The van der Waals surface area contributed by atoms with Crippen LogP contribution in [0.1, 0.15) is 23.6 Å². The number of amides is 2. The number of halogens is 1. The van der Waals surface area contributed by atoms with Gasteiger partial charge in [-0.2, -0.15) is 0 Å². The van der Waals surface area contributed by atoms with E-state index in [1.54, 1.807) is 36.4 Å². The molecule has 3 aromatic carbocycles. The summed E-state index contributed by atoms with van der Waals surface area (Å²) in [5, 5.41) is -0.0443. The Balaban J connectivity index is 1.55. The molecule has 0 atom stereocenters. The van der Waals surface area contributed by atoms with Crippen molar-refractivity contribution in [2.75, 3.05) is 11.5 Å². The van der Waals surface area contributed by atoms with Crippen molar-refractivity contribution in [3.8, 4) is 11.5 Å². The second kappa shape index (κ2) is 10.1. The van der Waals surface area contributed by atoms with Crippen LogP contribution < -0.4 is 14.4 Å². The average molecular weight is 480 g/mol. The minimum Gasteiger partial charge on any atom is -0.490 e. The Morgan fingerprint density at radius 1 is 0.970 bits per heavy atom. The molecule has 1 saturated heterocycles. The van der Waals surface area contributed by atoms with Crippen LogP contribution in [0.2, 0.25) is 5.02 Å². The van der Waals surface area contributed by atoms with E-state index in [4.69, 9.17) is 21.1 Å². The normalized spacial score (nSPS) is 14.8. The van der Waals surface area contributed by atoms with Gasteiger partial charge < -0.3 is 9.47 Å². The number of ether oxygens (including phenoxy) is 2. The van der Waals surface area contributed by atoms with Gasteiger partial charge in [0.2, 0.25) is 0 Å². The molecule has 0 aromatic heterocycles. The molecule has 33 heavy (non-hydrogen) atoms. The van der Waals surface area contributed by atoms with Crippen LogP contribution in [0, 0.1) is 6.92 Å². The Labute approximate surface area is 202 Å². The van der Waals surface area contributed by atoms with Gasteiger partial charge >= 0.3 is 0 Å². The Morgan fingerprint density at radius 2 is 1.73 bits per heavy atom. The van der Waals surface area contributed by atoms with Gasteiger partial charge in [-0.25, -0.2) is 4.90 Å². The topological polar surface area (TPSA) is 55.8 Å². The number of benzene rings is 3. The highest BCUT2D eigenvalue weighted by Gasteiger charge is 2.37. The van der Waals surface area contributed by atoms with Crippen molar-refractivity contribution < 1.29 is 19.1 Å². The van der Waals surface area contributed by atoms with Gasteiger partial charge in [-0.1, -0.05) is 59.6 Å². The molecular weight excluding hydrogens is 458 g/mol. The lowest BCUT2D eigenvalue weighted by Crippen LogP contribution is -2.27. The number of para-hydroxylation sites is 1. The largest absolute Gasteiger partial charge is 0.490 e. The van der Waals surface area contributed by atoms with Gasteiger partial charge in [0.05, 0.1) is 22.2 Å². The van der Waals surface area contributed by atoms with E-state index in [1.807, 2.05) is 50.2 Å². The Kier molecular flexibility index (Phi) is 7.06. The van der Waals surface area contributed by atoms with Crippen molar-refractivity contribution in [1.82, 2.24) is 0 Å². The SMILES string of the molecule is CCOc1cc(/C=C2\SC(=O)N(c3ccccc3Cl)C2=O)ccc1OCc1ccc(C)cc1. The third kappa shape index (κ3) is 5.24. The summed E-state index contributed by atoms with van der Waals surface area (Å²) in [4.78, 5) is 26.9. The fourth-order valence-corrected chi connectivity index (χ4v) is 4.36. The maximum atomic E-state index is 12.9. The molecular formula is C26H22ClNO4S. The Bertz CT molecular complexity index is 1220. The summed E-state index contributed by atoms with van der Waals surface area (Å²) in [6, 6.07) is 20.4. The first-order valence-corrected chi connectivity index (χ1v) is 11.6. The maximum absolute atomic E-state index is 12.9. The molecule has 1 aliphatic rings. The van der Waals surface area contributed by atoms with Gasteiger partial charge in [-0.05, 0) is 67.1 Å². The second-order valence-electron chi connectivity index (χ2n) is 7.38. The second-order valence-corrected chi connectivity index (χ2v) is 8.78. The summed E-state index contributed by atoms with van der Waals surface area (Å²) in [5.74, 6) is 0.776. The third-order valence-corrected chi connectivity index (χ3v) is 6.16. The predicted molar refractivity (Wildman–Crippen MR) is 133 cm³/mol. The number of hydrogen-bond acceptors (Lipinski definition) is 5. The molecule has 0 bridgehead atoms. The van der Waals surface area contributed by atoms with Crippen LogP contribution in [0.3, 0.4) is 0 Å². The number of imide groups is 1. The lowest BCUT2D eigenvalue weighted by molar-refractivity contribution is -0.113. The van der Waals surface area contributed by atoms with E-state index in [0.29, 0.717) is 40.3 Å². The monoisotopic (exact) mass is 479 g/mol. The molecule has 0 aliphatic carbocycles. The van der Waals surface area contributed by atoms with Crippen LogP contribution in [0.15, 0.2) is 71.6 Å². The Morgan fingerprint density at radius 3 is 2.45 bits per heavy atom. The summed E-state index contributed by atoms with van der Waals surface area (Å²) < 4.78 is 11.7. The minimum atomic E-state index is -0.407. The molecule has 0 radical (unpaired) electrons. The molecule has 0 spiro atoms. The fourth-order valence-electron chi connectivity index (χ4n) is 3.31. The van der Waals surface area contributed by atoms with Crippen molar-refractivity contribution >= 4 is 46.3 Å². The molecule has 0 saturated carbocycles. The van der Waals surface area contributed by atoms with Crippen LogP contribution in [0.25, 0.3) is 6.08 Å². The van der Waals surface area contributed by atoms with Crippen LogP contribution in [0.5, 0.6) is 11.5 Å². The molecule has 0 N–H and O–H groups in total. The lowest BCUT2D eigenvalue weighted by Gasteiger charge is -2.14. The highest BCUT2D eigenvalue weighted by Crippen LogP contribution is 2.39. The van der Waals surface area contributed by atoms with Gasteiger partial charge in [-0.15, -0.1) is 0 Å². The summed E-state index contributed by atoms with van der Waals surface area (Å²) in [7, 11) is 0. The van der Waals surface area contributed by atoms with Crippen LogP contribution in [0.4, 0.5) is 10.5 Å². The molecule has 1 fully saturated rings. The van der Waals surface area contributed by atoms with Gasteiger partial charge in [0, 0.05) is 0 Å². The van der Waals surface area contributed by atoms with E-state index < -0.39 is 5.91 Å². The zero-order chi connectivity index (χ0) is 23.4. The number of carbonyl (C=O) groups is 2. The molecule has 4 rings (SSSR count). The molecule has 168 valence electrons. The lowest BCUT2D eigenvalue weighted by atomic mass is 10.1. The summed E-state index contributed by atoms with van der Waals surface area (Å²) in [5.41, 5.74) is 3.35. The predicted octanol–water partition coefficient (Wildman–Crippen LogP) is 6.87. The summed E-state index contributed by atoms with van der Waals surface area (Å²) in [6.45, 7) is 4.81. The number of anilines is 1. The van der Waals surface area contributed by atoms with Crippen LogP contribution in [-0.4, -0.2) is 17.8 Å². The third-order valence-electron chi connectivity index (χ3n) is 4.97. The quantitative estimate of drug-likeness (QED) is 0.346. The fraction of sp³-hybridized carbons (Fsp3) is 0.154. The van der Waals surface area contributed by atoms with Crippen molar-refractivity contribution in [3.05, 3.63) is 93.3 Å². The van der Waals surface area contributed by atoms with E-state index in [0.717, 1.165) is 27.8 Å². The van der Waals surface area contributed by atoms with Crippen molar-refractivity contribution in [3.63, 3.8) is 0 Å². The standard InChI is InChI=1S/C26H22ClNO4S/c1-3-31-23-14-19(12-13-22(23)32-16-18-10-8-17(2)9-11-18)15-24-25(29)28(26(30)33-24)21-7-5-4-6-20(21)27/h4-15H,3,16H2,1-2H3/b24-15-. The summed E-state index contributed by atoms with van der Waals surface area (Å²) >= 11 is 7.07. The number of carbonyl (C=O) groups excluding carboxylic acids is 2. The van der Waals surface area contributed by atoms with E-state index >= 15 is 0 Å². The molecule has 1 heterocycles. The van der Waals surface area contributed by atoms with Crippen molar-refractivity contribution in [2.24, 2.45) is 0 Å². The first kappa shape index (κ1) is 23.0.